The van der Waals surface area contributed by atoms with E-state index in [0.717, 1.165) is 16.7 Å². The van der Waals surface area contributed by atoms with Gasteiger partial charge in [0.05, 0.1) is 45.2 Å². The fourth-order valence-electron chi connectivity index (χ4n) is 10.6. The van der Waals surface area contributed by atoms with E-state index in [0.29, 0.717) is 29.8 Å². The summed E-state index contributed by atoms with van der Waals surface area (Å²) in [6, 6.07) is 30.1. The smallest absolute Gasteiger partial charge is 0.229 e. The molecule has 12 nitrogen and oxygen atoms in total. The number of benzene rings is 3. The molecule has 0 spiro atoms. The van der Waals surface area contributed by atoms with Gasteiger partial charge in [0.1, 0.15) is 31.0 Å². The van der Waals surface area contributed by atoms with Crippen molar-refractivity contribution in [2.24, 2.45) is 5.92 Å². The fraction of sp³-hybridized carbons (Fsp3) is 0.640. The number of fused-ring (bicyclic) bond motifs is 2. The third-order valence-corrected chi connectivity index (χ3v) is 19.7. The van der Waals surface area contributed by atoms with Crippen molar-refractivity contribution in [2.75, 3.05) is 26.4 Å². The maximum absolute atomic E-state index is 7.40. The molecule has 346 valence electrons. The second-order valence-corrected chi connectivity index (χ2v) is 24.9. The Bertz CT molecular complexity index is 1880. The summed E-state index contributed by atoms with van der Waals surface area (Å²) in [4.78, 5) is 0. The lowest BCUT2D eigenvalue weighted by atomic mass is 9.93. The van der Waals surface area contributed by atoms with Gasteiger partial charge < -0.3 is 56.5 Å². The summed E-state index contributed by atoms with van der Waals surface area (Å²) < 4.78 is 82.2. The standard InChI is InChI=1S/C50H70O12Si/c1-32(2)63(33(3)4,34(5)6)62-47-44-42(57-48(9,10)58-44)41(36(8)55-47)56-46-43(53-28-38-22-16-12-17-23-38)40(35(7)26-54-46)59-50-31-52-30-49(50,29-51-27-37-20-14-11-15-21-37)60-45(61-50)39-24-18-13-19-25-39/h11-25,32-36,40-47H,26-31H2,1-10H3/t35-,36?,40?,41+,42?,43-,44+,45-,46+,47+,49-,50?/m1/s1. The summed E-state index contributed by atoms with van der Waals surface area (Å²) in [6.45, 7) is 23.1. The van der Waals surface area contributed by atoms with Crippen LogP contribution in [0.5, 0.6) is 0 Å². The van der Waals surface area contributed by atoms with Crippen LogP contribution in [0.25, 0.3) is 0 Å². The summed E-state index contributed by atoms with van der Waals surface area (Å²) in [5.74, 6) is -2.41. The molecule has 0 N–H and O–H groups in total. The molecule has 0 aromatic heterocycles. The van der Waals surface area contributed by atoms with E-state index in [2.05, 4.69) is 48.5 Å². The largest absolute Gasteiger partial charge is 0.389 e. The Balaban J connectivity index is 1.09. The first-order chi connectivity index (χ1) is 30.2. The molecule has 12 atom stereocenters. The monoisotopic (exact) mass is 890 g/mol. The van der Waals surface area contributed by atoms with Crippen molar-refractivity contribution in [3.63, 3.8) is 0 Å². The molecule has 5 heterocycles. The van der Waals surface area contributed by atoms with Crippen molar-refractivity contribution in [3.8, 4) is 0 Å². The van der Waals surface area contributed by atoms with E-state index in [1.807, 2.05) is 112 Å². The molecule has 0 bridgehead atoms. The first-order valence-corrected chi connectivity index (χ1v) is 25.2. The molecule has 0 radical (unpaired) electrons. The molecule has 0 aliphatic carbocycles. The molecule has 63 heavy (non-hydrogen) atoms. The Hall–Kier alpha value is -2.60. The van der Waals surface area contributed by atoms with E-state index in [1.54, 1.807) is 0 Å². The quantitative estimate of drug-likeness (QED) is 0.121. The van der Waals surface area contributed by atoms with Crippen LogP contribution in [0.15, 0.2) is 91.0 Å². The molecule has 0 amide bonds. The highest BCUT2D eigenvalue weighted by molar-refractivity contribution is 6.77. The van der Waals surface area contributed by atoms with Gasteiger partial charge in [-0.15, -0.1) is 0 Å². The van der Waals surface area contributed by atoms with Crippen molar-refractivity contribution in [2.45, 2.75) is 172 Å². The van der Waals surface area contributed by atoms with Crippen molar-refractivity contribution < 1.29 is 56.5 Å². The lowest BCUT2D eigenvalue weighted by Gasteiger charge is -2.50. The molecule has 5 aliphatic heterocycles. The fourth-order valence-corrected chi connectivity index (χ4v) is 16.0. The van der Waals surface area contributed by atoms with Gasteiger partial charge in [0, 0.05) is 11.5 Å². The minimum Gasteiger partial charge on any atom is -0.389 e. The Morgan fingerprint density at radius 3 is 1.90 bits per heavy atom. The SMILES string of the molecule is CC1O[C@@H](O[Si](C(C)C)(C(C)C)C(C)C)[C@H]2OC(C)(C)OC2[C@H]1O[C@@H]1OC[C@@H](C)C(OC23COC[C@@]2(COCc2ccccc2)O[C@@H](c2ccccc2)O3)[C@H]1OCc1ccccc1. The summed E-state index contributed by atoms with van der Waals surface area (Å²) in [6.07, 6.45) is -5.66. The molecule has 13 heteroatoms. The first kappa shape index (κ1) is 46.9. The Kier molecular flexibility index (Phi) is 14.4. The van der Waals surface area contributed by atoms with Crippen LogP contribution in [0.3, 0.4) is 0 Å². The average molecular weight is 891 g/mol. The van der Waals surface area contributed by atoms with E-state index in [4.69, 9.17) is 56.5 Å². The van der Waals surface area contributed by atoms with Gasteiger partial charge in [0.25, 0.3) is 0 Å². The molecule has 8 rings (SSSR count). The molecule has 3 aromatic carbocycles. The van der Waals surface area contributed by atoms with Crippen LogP contribution in [0, 0.1) is 5.92 Å². The molecule has 4 unspecified atom stereocenters. The van der Waals surface area contributed by atoms with Crippen molar-refractivity contribution in [1.82, 2.24) is 0 Å². The van der Waals surface area contributed by atoms with Gasteiger partial charge in [-0.25, -0.2) is 0 Å². The maximum atomic E-state index is 7.40. The Morgan fingerprint density at radius 2 is 1.27 bits per heavy atom. The van der Waals surface area contributed by atoms with Crippen molar-refractivity contribution in [3.05, 3.63) is 108 Å². The molecule has 3 aromatic rings. The summed E-state index contributed by atoms with van der Waals surface area (Å²) in [5, 5.41) is 0. The molecular weight excluding hydrogens is 821 g/mol. The lowest BCUT2D eigenvalue weighted by molar-refractivity contribution is -0.356. The van der Waals surface area contributed by atoms with Gasteiger partial charge >= 0.3 is 0 Å². The predicted molar refractivity (Wildman–Crippen MR) is 238 cm³/mol. The zero-order valence-electron chi connectivity index (χ0n) is 38.8. The summed E-state index contributed by atoms with van der Waals surface area (Å²) in [7, 11) is -2.38. The van der Waals surface area contributed by atoms with Gasteiger partial charge in [-0.2, -0.15) is 0 Å². The average Bonchev–Trinajstić information content (AvgIpc) is 3.88. The molecular formula is C50H70O12Si. The zero-order valence-corrected chi connectivity index (χ0v) is 39.8. The molecule has 5 aliphatic rings. The van der Waals surface area contributed by atoms with Crippen LogP contribution in [-0.2, 0) is 69.7 Å². The second-order valence-electron chi connectivity index (χ2n) is 19.5. The van der Waals surface area contributed by atoms with Gasteiger partial charge in [0.15, 0.2) is 30.3 Å². The van der Waals surface area contributed by atoms with Crippen LogP contribution in [0.1, 0.15) is 92.2 Å². The van der Waals surface area contributed by atoms with E-state index in [9.17, 15) is 0 Å². The maximum Gasteiger partial charge on any atom is 0.229 e. The first-order valence-electron chi connectivity index (χ1n) is 23.1. The van der Waals surface area contributed by atoms with Crippen LogP contribution in [0.2, 0.25) is 16.6 Å². The Morgan fingerprint density at radius 1 is 0.667 bits per heavy atom. The van der Waals surface area contributed by atoms with Crippen molar-refractivity contribution >= 4 is 8.32 Å². The highest BCUT2D eigenvalue weighted by Gasteiger charge is 2.69. The summed E-state index contributed by atoms with van der Waals surface area (Å²) in [5.41, 5.74) is 2.88. The van der Waals surface area contributed by atoms with Gasteiger partial charge in [0.2, 0.25) is 14.1 Å². The number of ether oxygens (including phenoxy) is 11. The van der Waals surface area contributed by atoms with Crippen LogP contribution in [-0.4, -0.2) is 101 Å². The van der Waals surface area contributed by atoms with E-state index in [1.165, 1.54) is 0 Å². The molecule has 5 fully saturated rings. The van der Waals surface area contributed by atoms with Crippen molar-refractivity contribution in [1.29, 1.82) is 0 Å². The number of hydrogen-bond acceptors (Lipinski definition) is 12. The highest BCUT2D eigenvalue weighted by Crippen LogP contribution is 2.53. The minimum absolute atomic E-state index is 0.124. The van der Waals surface area contributed by atoms with Gasteiger partial charge in [-0.3, -0.25) is 0 Å². The van der Waals surface area contributed by atoms with Crippen LogP contribution < -0.4 is 0 Å². The van der Waals surface area contributed by atoms with Gasteiger partial charge in [-0.1, -0.05) is 139 Å². The molecule has 0 saturated carbocycles. The van der Waals surface area contributed by atoms with E-state index >= 15 is 0 Å². The summed E-state index contributed by atoms with van der Waals surface area (Å²) >= 11 is 0. The number of hydrogen-bond donors (Lipinski definition) is 0. The number of rotatable bonds is 17. The van der Waals surface area contributed by atoms with Crippen LogP contribution >= 0.6 is 0 Å². The van der Waals surface area contributed by atoms with Gasteiger partial charge in [-0.05, 0) is 48.5 Å². The second kappa shape index (κ2) is 19.3. The van der Waals surface area contributed by atoms with E-state index < -0.39 is 81.0 Å². The Labute approximate surface area is 375 Å². The third kappa shape index (κ3) is 9.52. The topological polar surface area (TPSA) is 111 Å². The third-order valence-electron chi connectivity index (χ3n) is 13.6. The predicted octanol–water partition coefficient (Wildman–Crippen LogP) is 9.22. The zero-order chi connectivity index (χ0) is 44.6. The lowest BCUT2D eigenvalue weighted by Crippen LogP contribution is -2.64. The van der Waals surface area contributed by atoms with Crippen LogP contribution in [0.4, 0.5) is 0 Å². The normalized spacial score (nSPS) is 35.4. The minimum atomic E-state index is -2.38. The van der Waals surface area contributed by atoms with E-state index in [-0.39, 0.29) is 32.3 Å². The molecule has 5 saturated heterocycles. The highest BCUT2D eigenvalue weighted by atomic mass is 28.4.